The van der Waals surface area contributed by atoms with Gasteiger partial charge in [0, 0.05) is 13.6 Å². The minimum Gasteiger partial charge on any atom is -0.480 e. The summed E-state index contributed by atoms with van der Waals surface area (Å²) in [5, 5.41) is 13.7. The maximum Gasteiger partial charge on any atom is 0.326 e. The van der Waals surface area contributed by atoms with Gasteiger partial charge in [0.2, 0.25) is 5.91 Å². The Labute approximate surface area is 113 Å². The van der Waals surface area contributed by atoms with Crippen molar-refractivity contribution in [2.45, 2.75) is 33.2 Å². The van der Waals surface area contributed by atoms with E-state index in [4.69, 9.17) is 5.11 Å². The molecule has 0 fully saturated rings. The Morgan fingerprint density at radius 3 is 2.26 bits per heavy atom. The number of carbonyl (C=O) groups is 3. The lowest BCUT2D eigenvalue weighted by Crippen LogP contribution is -2.50. The first kappa shape index (κ1) is 17.2. The van der Waals surface area contributed by atoms with Crippen molar-refractivity contribution in [3.05, 3.63) is 0 Å². The van der Waals surface area contributed by atoms with Crippen molar-refractivity contribution in [1.29, 1.82) is 0 Å². The monoisotopic (exact) mass is 273 g/mol. The zero-order chi connectivity index (χ0) is 15.0. The topological polar surface area (TPSA) is 98.7 Å². The molecule has 0 rings (SSSR count). The van der Waals surface area contributed by atoms with Gasteiger partial charge < -0.3 is 20.6 Å². The predicted octanol–water partition coefficient (Wildman–Crippen LogP) is 0.263. The van der Waals surface area contributed by atoms with Crippen LogP contribution in [-0.2, 0) is 9.59 Å². The molecule has 0 aromatic rings. The van der Waals surface area contributed by atoms with E-state index in [1.165, 1.54) is 4.90 Å². The van der Waals surface area contributed by atoms with Gasteiger partial charge in [0.05, 0.1) is 6.54 Å². The number of carboxylic acids is 1. The number of aliphatic carboxylic acids is 1. The normalized spacial score (nSPS) is 13.3. The smallest absolute Gasteiger partial charge is 0.326 e. The van der Waals surface area contributed by atoms with Crippen molar-refractivity contribution in [3.63, 3.8) is 0 Å². The lowest BCUT2D eigenvalue weighted by molar-refractivity contribution is -0.140. The lowest BCUT2D eigenvalue weighted by Gasteiger charge is -2.21. The van der Waals surface area contributed by atoms with E-state index >= 15 is 0 Å². The van der Waals surface area contributed by atoms with Gasteiger partial charge in [0.25, 0.3) is 0 Å². The average molecular weight is 273 g/mol. The third-order valence-electron chi connectivity index (χ3n) is 3.07. The summed E-state index contributed by atoms with van der Waals surface area (Å²) in [6.07, 6.45) is 0.634. The van der Waals surface area contributed by atoms with E-state index in [9.17, 15) is 14.4 Å². The molecule has 7 nitrogen and oxygen atoms in total. The fraction of sp³-hybridized carbons (Fsp3) is 0.750. The number of amides is 3. The Balaban J connectivity index is 4.28. The molecule has 0 bridgehead atoms. The number of likely N-dealkylation sites (N-methyl/N-ethyl adjacent to an activating group) is 1. The second-order valence-electron chi connectivity index (χ2n) is 4.44. The zero-order valence-electron chi connectivity index (χ0n) is 11.9. The van der Waals surface area contributed by atoms with Crippen molar-refractivity contribution in [3.8, 4) is 0 Å². The molecule has 0 heterocycles. The highest BCUT2D eigenvalue weighted by molar-refractivity contribution is 5.86. The fourth-order valence-electron chi connectivity index (χ4n) is 1.34. The second-order valence-corrected chi connectivity index (χ2v) is 4.44. The van der Waals surface area contributed by atoms with Gasteiger partial charge in [-0.1, -0.05) is 20.3 Å². The average Bonchev–Trinajstić information content (AvgIpc) is 2.39. The van der Waals surface area contributed by atoms with Gasteiger partial charge in [-0.3, -0.25) is 4.79 Å². The molecule has 19 heavy (non-hydrogen) atoms. The predicted molar refractivity (Wildman–Crippen MR) is 70.7 cm³/mol. The van der Waals surface area contributed by atoms with Crippen molar-refractivity contribution in [1.82, 2.24) is 15.5 Å². The Morgan fingerprint density at radius 1 is 1.26 bits per heavy atom. The van der Waals surface area contributed by atoms with Gasteiger partial charge in [-0.05, 0) is 12.8 Å². The van der Waals surface area contributed by atoms with E-state index in [1.54, 1.807) is 14.0 Å². The quantitative estimate of drug-likeness (QED) is 0.619. The van der Waals surface area contributed by atoms with Gasteiger partial charge in [0.1, 0.15) is 6.04 Å². The van der Waals surface area contributed by atoms with Crippen molar-refractivity contribution in [2.24, 2.45) is 5.92 Å². The van der Waals surface area contributed by atoms with Crippen LogP contribution in [0.25, 0.3) is 0 Å². The van der Waals surface area contributed by atoms with E-state index < -0.39 is 18.0 Å². The van der Waals surface area contributed by atoms with Crippen LogP contribution >= 0.6 is 0 Å². The van der Waals surface area contributed by atoms with Crippen LogP contribution in [-0.4, -0.2) is 54.1 Å². The summed E-state index contributed by atoms with van der Waals surface area (Å²) in [5.41, 5.74) is 0. The van der Waals surface area contributed by atoms with Crippen LogP contribution in [0.5, 0.6) is 0 Å². The molecular weight excluding hydrogens is 250 g/mol. The van der Waals surface area contributed by atoms with Crippen LogP contribution in [0.15, 0.2) is 0 Å². The number of hydrogen-bond acceptors (Lipinski definition) is 3. The summed E-state index contributed by atoms with van der Waals surface area (Å²) in [4.78, 5) is 35.5. The zero-order valence-corrected chi connectivity index (χ0v) is 11.9. The second kappa shape index (κ2) is 8.34. The molecule has 0 spiro atoms. The third-order valence-corrected chi connectivity index (χ3v) is 3.07. The SMILES string of the molecule is CC[C@H](C)[C@H](NC(=O)NCC(=O)N(C)CC)C(=O)O. The van der Waals surface area contributed by atoms with Gasteiger partial charge in [0.15, 0.2) is 0 Å². The summed E-state index contributed by atoms with van der Waals surface area (Å²) in [7, 11) is 1.63. The van der Waals surface area contributed by atoms with Crippen molar-refractivity contribution < 1.29 is 19.5 Å². The van der Waals surface area contributed by atoms with E-state index in [0.717, 1.165) is 0 Å². The molecule has 0 radical (unpaired) electrons. The summed E-state index contributed by atoms with van der Waals surface area (Å²) in [6, 6.07) is -1.60. The molecule has 110 valence electrons. The molecule has 0 aliphatic heterocycles. The molecule has 0 aliphatic carbocycles. The number of carbonyl (C=O) groups excluding carboxylic acids is 2. The van der Waals surface area contributed by atoms with E-state index in [1.807, 2.05) is 13.8 Å². The van der Waals surface area contributed by atoms with Crippen LogP contribution in [0, 0.1) is 5.92 Å². The number of hydrogen-bond donors (Lipinski definition) is 3. The van der Waals surface area contributed by atoms with Gasteiger partial charge in [-0.15, -0.1) is 0 Å². The minimum absolute atomic E-state index is 0.150. The number of nitrogens with one attached hydrogen (secondary N) is 2. The molecule has 2 atom stereocenters. The highest BCUT2D eigenvalue weighted by Crippen LogP contribution is 2.07. The van der Waals surface area contributed by atoms with E-state index in [2.05, 4.69) is 10.6 Å². The van der Waals surface area contributed by atoms with Crippen molar-refractivity contribution in [2.75, 3.05) is 20.1 Å². The van der Waals surface area contributed by atoms with E-state index in [-0.39, 0.29) is 18.4 Å². The summed E-state index contributed by atoms with van der Waals surface area (Å²) in [5.74, 6) is -1.49. The molecule has 0 aromatic carbocycles. The maximum absolute atomic E-state index is 11.5. The van der Waals surface area contributed by atoms with Crippen molar-refractivity contribution >= 4 is 17.9 Å². The Bertz CT molecular complexity index is 333. The number of urea groups is 1. The van der Waals surface area contributed by atoms with Gasteiger partial charge >= 0.3 is 12.0 Å². The first-order valence-electron chi connectivity index (χ1n) is 6.34. The maximum atomic E-state index is 11.5. The molecule has 0 aliphatic rings. The van der Waals surface area contributed by atoms with E-state index in [0.29, 0.717) is 13.0 Å². The van der Waals surface area contributed by atoms with Crippen LogP contribution in [0.3, 0.4) is 0 Å². The molecular formula is C12H23N3O4. The first-order valence-corrected chi connectivity index (χ1v) is 6.34. The molecule has 0 saturated carbocycles. The Morgan fingerprint density at radius 2 is 1.84 bits per heavy atom. The summed E-state index contributed by atoms with van der Waals surface area (Å²) in [6.45, 7) is 5.81. The van der Waals surface area contributed by atoms with Crippen LogP contribution in [0.4, 0.5) is 4.79 Å². The largest absolute Gasteiger partial charge is 0.480 e. The van der Waals surface area contributed by atoms with Crippen LogP contribution < -0.4 is 10.6 Å². The first-order chi connectivity index (χ1) is 8.83. The molecule has 3 N–H and O–H groups in total. The van der Waals surface area contributed by atoms with Gasteiger partial charge in [-0.25, -0.2) is 9.59 Å². The highest BCUT2D eigenvalue weighted by Gasteiger charge is 2.25. The third kappa shape index (κ3) is 6.08. The molecule has 0 unspecified atom stereocenters. The fourth-order valence-corrected chi connectivity index (χ4v) is 1.34. The van der Waals surface area contributed by atoms with Crippen LogP contribution in [0.2, 0.25) is 0 Å². The molecule has 0 aromatic heterocycles. The molecule has 7 heteroatoms. The summed E-state index contributed by atoms with van der Waals surface area (Å²) >= 11 is 0. The Hall–Kier alpha value is -1.79. The molecule has 0 saturated heterocycles. The minimum atomic E-state index is -1.08. The summed E-state index contributed by atoms with van der Waals surface area (Å²) < 4.78 is 0. The highest BCUT2D eigenvalue weighted by atomic mass is 16.4. The standard InChI is InChI=1S/C12H23N3O4/c1-5-8(3)10(11(17)18)14-12(19)13-7-9(16)15(4)6-2/h8,10H,5-7H2,1-4H3,(H,17,18)(H2,13,14,19)/t8-,10-/m0/s1. The lowest BCUT2D eigenvalue weighted by atomic mass is 9.99. The van der Waals surface area contributed by atoms with Crippen LogP contribution in [0.1, 0.15) is 27.2 Å². The van der Waals surface area contributed by atoms with Gasteiger partial charge in [-0.2, -0.15) is 0 Å². The number of nitrogens with zero attached hydrogens (tertiary/aromatic N) is 1. The Kier molecular flexibility index (Phi) is 7.55. The number of rotatable bonds is 7. The molecule has 3 amide bonds. The number of carboxylic acid groups (broad SMARTS) is 1.